The Labute approximate surface area is 175 Å². The molecule has 1 N–H and O–H groups in total. The van der Waals surface area contributed by atoms with Gasteiger partial charge in [-0.3, -0.25) is 9.20 Å². The molecule has 0 atom stereocenters. The number of ether oxygens (including phenoxy) is 1. The molecule has 0 radical (unpaired) electrons. The van der Waals surface area contributed by atoms with Gasteiger partial charge in [-0.1, -0.05) is 35.3 Å². The molecule has 1 amide bonds. The van der Waals surface area contributed by atoms with Crippen LogP contribution in [0.3, 0.4) is 0 Å². The quantitative estimate of drug-likeness (QED) is 0.441. The predicted molar refractivity (Wildman–Crippen MR) is 114 cm³/mol. The highest BCUT2D eigenvalue weighted by Gasteiger charge is 2.09. The van der Waals surface area contributed by atoms with Gasteiger partial charge in [0, 0.05) is 33.5 Å². The summed E-state index contributed by atoms with van der Waals surface area (Å²) in [5.41, 5.74) is 3.71. The van der Waals surface area contributed by atoms with Crippen molar-refractivity contribution in [3.8, 4) is 17.0 Å². The van der Waals surface area contributed by atoms with Gasteiger partial charge in [-0.25, -0.2) is 4.98 Å². The van der Waals surface area contributed by atoms with Crippen LogP contribution in [0.15, 0.2) is 54.0 Å². The minimum absolute atomic E-state index is 0.153. The molecule has 0 fully saturated rings. The molecule has 0 aliphatic heterocycles. The minimum Gasteiger partial charge on any atom is -0.482 e. The summed E-state index contributed by atoms with van der Waals surface area (Å²) in [6, 6.07) is 12.4. The summed E-state index contributed by atoms with van der Waals surface area (Å²) in [6.07, 6.45) is 2.01. The van der Waals surface area contributed by atoms with Crippen molar-refractivity contribution in [3.05, 3.63) is 69.8 Å². The first-order valence-corrected chi connectivity index (χ1v) is 10.0. The highest BCUT2D eigenvalue weighted by molar-refractivity contribution is 7.15. The van der Waals surface area contributed by atoms with Crippen molar-refractivity contribution >= 4 is 51.1 Å². The van der Waals surface area contributed by atoms with Crippen LogP contribution in [0.25, 0.3) is 16.2 Å². The Bertz CT molecular complexity index is 1150. The number of anilines is 1. The Morgan fingerprint density at radius 1 is 1.21 bits per heavy atom. The number of rotatable bonds is 5. The van der Waals surface area contributed by atoms with Crippen LogP contribution in [-0.2, 0) is 4.79 Å². The molecule has 0 spiro atoms. The summed E-state index contributed by atoms with van der Waals surface area (Å²) in [6.45, 7) is 1.90. The SMILES string of the molecule is Cc1csc2nc(-c3ccc(NC(=O)COc4ccc(Cl)cc4Cl)cc3)cn12. The molecular weight excluding hydrogens is 417 g/mol. The van der Waals surface area contributed by atoms with Crippen LogP contribution < -0.4 is 10.1 Å². The van der Waals surface area contributed by atoms with Crippen molar-refractivity contribution in [2.45, 2.75) is 6.92 Å². The number of hydrogen-bond donors (Lipinski definition) is 1. The average Bonchev–Trinajstić information content (AvgIpc) is 3.24. The van der Waals surface area contributed by atoms with E-state index in [9.17, 15) is 4.79 Å². The molecule has 4 aromatic rings. The van der Waals surface area contributed by atoms with Crippen molar-refractivity contribution in [2.24, 2.45) is 0 Å². The Hall–Kier alpha value is -2.54. The van der Waals surface area contributed by atoms with E-state index in [1.54, 1.807) is 29.5 Å². The van der Waals surface area contributed by atoms with E-state index < -0.39 is 0 Å². The van der Waals surface area contributed by atoms with Gasteiger partial charge < -0.3 is 10.1 Å². The topological polar surface area (TPSA) is 55.6 Å². The number of hydrogen-bond acceptors (Lipinski definition) is 4. The average molecular weight is 432 g/mol. The van der Waals surface area contributed by atoms with Gasteiger partial charge in [0.25, 0.3) is 5.91 Å². The fourth-order valence-corrected chi connectivity index (χ4v) is 4.00. The van der Waals surface area contributed by atoms with Crippen molar-refractivity contribution in [1.82, 2.24) is 9.38 Å². The van der Waals surface area contributed by atoms with Crippen LogP contribution in [0.4, 0.5) is 5.69 Å². The number of fused-ring (bicyclic) bond motifs is 1. The Balaban J connectivity index is 1.39. The fraction of sp³-hybridized carbons (Fsp3) is 0.100. The van der Waals surface area contributed by atoms with Crippen molar-refractivity contribution < 1.29 is 9.53 Å². The molecule has 2 aromatic heterocycles. The number of nitrogens with zero attached hydrogens (tertiary/aromatic N) is 2. The molecule has 5 nitrogen and oxygen atoms in total. The normalized spacial score (nSPS) is 11.0. The minimum atomic E-state index is -0.281. The first-order chi connectivity index (χ1) is 13.5. The van der Waals surface area contributed by atoms with Gasteiger partial charge in [0.1, 0.15) is 5.75 Å². The zero-order chi connectivity index (χ0) is 19.7. The Morgan fingerprint density at radius 3 is 2.71 bits per heavy atom. The molecule has 0 aliphatic carbocycles. The van der Waals surface area contributed by atoms with E-state index in [0.717, 1.165) is 21.9 Å². The van der Waals surface area contributed by atoms with Gasteiger partial charge in [-0.2, -0.15) is 0 Å². The van der Waals surface area contributed by atoms with Crippen molar-refractivity contribution in [3.63, 3.8) is 0 Å². The monoisotopic (exact) mass is 431 g/mol. The standard InChI is InChI=1S/C20H15Cl2N3O2S/c1-12-11-28-20-24-17(9-25(12)20)13-2-5-15(6-3-13)23-19(26)10-27-18-7-4-14(21)8-16(18)22/h2-9,11H,10H2,1H3,(H,23,26). The molecule has 0 saturated heterocycles. The predicted octanol–water partition coefficient (Wildman–Crippen LogP) is 5.70. The first-order valence-electron chi connectivity index (χ1n) is 8.41. The zero-order valence-electron chi connectivity index (χ0n) is 14.8. The zero-order valence-corrected chi connectivity index (χ0v) is 17.1. The lowest BCUT2D eigenvalue weighted by atomic mass is 10.1. The molecule has 0 saturated carbocycles. The number of amides is 1. The molecule has 0 aliphatic rings. The summed E-state index contributed by atoms with van der Waals surface area (Å²) in [5.74, 6) is 0.128. The van der Waals surface area contributed by atoms with E-state index in [1.165, 1.54) is 0 Å². The van der Waals surface area contributed by atoms with Gasteiger partial charge in [0.2, 0.25) is 0 Å². The van der Waals surface area contributed by atoms with E-state index in [0.29, 0.717) is 21.5 Å². The third kappa shape index (κ3) is 3.99. The molecule has 28 heavy (non-hydrogen) atoms. The van der Waals surface area contributed by atoms with Crippen LogP contribution in [0.2, 0.25) is 10.0 Å². The smallest absolute Gasteiger partial charge is 0.262 e. The maximum absolute atomic E-state index is 12.1. The summed E-state index contributed by atoms with van der Waals surface area (Å²) in [7, 11) is 0. The number of benzene rings is 2. The van der Waals surface area contributed by atoms with E-state index >= 15 is 0 Å². The van der Waals surface area contributed by atoms with Crippen LogP contribution in [0, 0.1) is 6.92 Å². The molecule has 8 heteroatoms. The number of aromatic nitrogens is 2. The third-order valence-corrected chi connectivity index (χ3v) is 5.59. The molecule has 0 bridgehead atoms. The van der Waals surface area contributed by atoms with E-state index in [4.69, 9.17) is 27.9 Å². The molecular formula is C20H15Cl2N3O2S. The Morgan fingerprint density at radius 2 is 2.00 bits per heavy atom. The van der Waals surface area contributed by atoms with Gasteiger partial charge in [0.15, 0.2) is 11.6 Å². The molecule has 2 heterocycles. The highest BCUT2D eigenvalue weighted by Crippen LogP contribution is 2.28. The van der Waals surface area contributed by atoms with Crippen LogP contribution in [-0.4, -0.2) is 21.9 Å². The fourth-order valence-electron chi connectivity index (χ4n) is 2.69. The Kier molecular flexibility index (Phi) is 5.26. The number of halogens is 2. The van der Waals surface area contributed by atoms with Gasteiger partial charge in [-0.05, 0) is 37.3 Å². The second kappa shape index (κ2) is 7.83. The van der Waals surface area contributed by atoms with Crippen LogP contribution >= 0.6 is 34.5 Å². The van der Waals surface area contributed by atoms with Crippen LogP contribution in [0.1, 0.15) is 5.69 Å². The summed E-state index contributed by atoms with van der Waals surface area (Å²) in [4.78, 5) is 17.7. The number of imidazole rings is 1. The number of aryl methyl sites for hydroxylation is 1. The molecule has 142 valence electrons. The van der Waals surface area contributed by atoms with Gasteiger partial charge in [-0.15, -0.1) is 11.3 Å². The molecule has 4 rings (SSSR count). The first kappa shape index (κ1) is 18.8. The third-order valence-electron chi connectivity index (χ3n) is 4.11. The largest absolute Gasteiger partial charge is 0.482 e. The second-order valence-electron chi connectivity index (χ2n) is 6.14. The van der Waals surface area contributed by atoms with E-state index in [1.807, 2.05) is 37.4 Å². The number of carbonyl (C=O) groups excluding carboxylic acids is 1. The highest BCUT2D eigenvalue weighted by atomic mass is 35.5. The van der Waals surface area contributed by atoms with E-state index in [2.05, 4.69) is 20.1 Å². The van der Waals surface area contributed by atoms with E-state index in [-0.39, 0.29) is 12.5 Å². The number of thiazole rings is 1. The molecule has 0 unspecified atom stereocenters. The van der Waals surface area contributed by atoms with Crippen molar-refractivity contribution in [1.29, 1.82) is 0 Å². The van der Waals surface area contributed by atoms with Gasteiger partial charge >= 0.3 is 0 Å². The maximum atomic E-state index is 12.1. The lowest BCUT2D eigenvalue weighted by Gasteiger charge is -2.09. The maximum Gasteiger partial charge on any atom is 0.262 e. The lowest BCUT2D eigenvalue weighted by Crippen LogP contribution is -2.20. The lowest BCUT2D eigenvalue weighted by molar-refractivity contribution is -0.118. The van der Waals surface area contributed by atoms with Crippen molar-refractivity contribution in [2.75, 3.05) is 11.9 Å². The number of carbonyl (C=O) groups is 1. The summed E-state index contributed by atoms with van der Waals surface area (Å²) in [5, 5.41) is 5.74. The van der Waals surface area contributed by atoms with Crippen LogP contribution in [0.5, 0.6) is 5.75 Å². The second-order valence-corrected chi connectivity index (χ2v) is 7.82. The molecule has 2 aromatic carbocycles. The summed E-state index contributed by atoms with van der Waals surface area (Å²) < 4.78 is 7.51. The summed E-state index contributed by atoms with van der Waals surface area (Å²) >= 11 is 13.5. The number of nitrogens with one attached hydrogen (secondary N) is 1. The van der Waals surface area contributed by atoms with Gasteiger partial charge in [0.05, 0.1) is 10.7 Å².